The smallest absolute Gasteiger partial charge is 0.226 e. The summed E-state index contributed by atoms with van der Waals surface area (Å²) in [6, 6.07) is -0.417. The fourth-order valence-electron chi connectivity index (χ4n) is 1.91. The van der Waals surface area contributed by atoms with Crippen LogP contribution >= 0.6 is 0 Å². The highest BCUT2D eigenvalue weighted by Gasteiger charge is 2.36. The molecule has 4 N–H and O–H groups in total. The van der Waals surface area contributed by atoms with Crippen LogP contribution in [-0.2, 0) is 4.79 Å². The van der Waals surface area contributed by atoms with E-state index in [4.69, 9.17) is 10.9 Å². The number of nitrogens with one attached hydrogen (secondary N) is 1. The lowest BCUT2D eigenvalue weighted by molar-refractivity contribution is -0.130. The number of carbonyl (C=O) groups excluding carboxylic acids is 1. The lowest BCUT2D eigenvalue weighted by Crippen LogP contribution is -2.47. The Hall–Kier alpha value is -1.26. The average molecular weight is 213 g/mol. The van der Waals surface area contributed by atoms with Gasteiger partial charge in [-0.1, -0.05) is 24.9 Å². The van der Waals surface area contributed by atoms with E-state index in [9.17, 15) is 4.79 Å². The molecule has 0 radical (unpaired) electrons. The zero-order valence-electron chi connectivity index (χ0n) is 9.29. The molecule has 1 amide bonds. The minimum Gasteiger partial charge on any atom is -0.409 e. The molecule has 1 unspecified atom stereocenters. The predicted octanol–water partition coefficient (Wildman–Crippen LogP) is 0.818. The first kappa shape index (κ1) is 11.8. The first-order valence-electron chi connectivity index (χ1n) is 5.28. The third kappa shape index (κ3) is 2.61. The van der Waals surface area contributed by atoms with Crippen LogP contribution in [0.1, 0.15) is 39.5 Å². The monoisotopic (exact) mass is 213 g/mol. The van der Waals surface area contributed by atoms with Crippen molar-refractivity contribution < 1.29 is 10.0 Å². The number of hydrogen-bond acceptors (Lipinski definition) is 3. The number of carbonyl (C=O) groups is 1. The van der Waals surface area contributed by atoms with Crippen molar-refractivity contribution in [2.45, 2.75) is 45.6 Å². The van der Waals surface area contributed by atoms with Gasteiger partial charge >= 0.3 is 0 Å². The average Bonchev–Trinajstić information content (AvgIpc) is 2.65. The van der Waals surface area contributed by atoms with E-state index in [2.05, 4.69) is 10.5 Å². The fourth-order valence-corrected chi connectivity index (χ4v) is 1.91. The van der Waals surface area contributed by atoms with Crippen LogP contribution in [0.5, 0.6) is 0 Å². The van der Waals surface area contributed by atoms with E-state index >= 15 is 0 Å². The van der Waals surface area contributed by atoms with Crippen molar-refractivity contribution in [3.8, 4) is 0 Å². The van der Waals surface area contributed by atoms with E-state index in [1.807, 2.05) is 6.92 Å². The van der Waals surface area contributed by atoms with Gasteiger partial charge in [0, 0.05) is 5.41 Å². The topological polar surface area (TPSA) is 87.7 Å². The van der Waals surface area contributed by atoms with Gasteiger partial charge in [-0.2, -0.15) is 0 Å². The molecule has 1 aliphatic rings. The van der Waals surface area contributed by atoms with E-state index in [1.54, 1.807) is 6.92 Å². The summed E-state index contributed by atoms with van der Waals surface area (Å²) in [4.78, 5) is 11.9. The summed E-state index contributed by atoms with van der Waals surface area (Å²) in [5, 5.41) is 14.1. The zero-order valence-corrected chi connectivity index (χ0v) is 9.29. The normalized spacial score (nSPS) is 22.4. The third-order valence-electron chi connectivity index (χ3n) is 3.16. The molecule has 0 heterocycles. The maximum atomic E-state index is 11.9. The molecule has 0 saturated heterocycles. The van der Waals surface area contributed by atoms with Crippen LogP contribution in [0.4, 0.5) is 0 Å². The fraction of sp³-hybridized carbons (Fsp3) is 0.800. The molecular weight excluding hydrogens is 194 g/mol. The first-order valence-corrected chi connectivity index (χ1v) is 5.28. The summed E-state index contributed by atoms with van der Waals surface area (Å²) >= 11 is 0. The lowest BCUT2D eigenvalue weighted by atomic mass is 9.87. The third-order valence-corrected chi connectivity index (χ3v) is 3.16. The molecule has 0 spiro atoms. The summed E-state index contributed by atoms with van der Waals surface area (Å²) in [5.41, 5.74) is 5.12. The molecule has 0 aromatic rings. The number of amides is 1. The van der Waals surface area contributed by atoms with E-state index in [1.165, 1.54) is 0 Å². The van der Waals surface area contributed by atoms with Crippen LogP contribution in [0, 0.1) is 5.41 Å². The molecule has 1 atom stereocenters. The standard InChI is InChI=1S/C10H19N3O2/c1-7(8(11)13-15)12-9(14)10(2)5-3-4-6-10/h7,15H,3-6H2,1-2H3,(H2,11,13)(H,12,14). The number of rotatable bonds is 3. The highest BCUT2D eigenvalue weighted by atomic mass is 16.4. The molecule has 15 heavy (non-hydrogen) atoms. The van der Waals surface area contributed by atoms with Gasteiger partial charge in [0.25, 0.3) is 0 Å². The van der Waals surface area contributed by atoms with Crippen LogP contribution in [0.2, 0.25) is 0 Å². The van der Waals surface area contributed by atoms with Crippen molar-refractivity contribution in [3.05, 3.63) is 0 Å². The van der Waals surface area contributed by atoms with Gasteiger partial charge in [0.15, 0.2) is 5.84 Å². The second-order valence-electron chi connectivity index (χ2n) is 4.49. The van der Waals surface area contributed by atoms with Gasteiger partial charge < -0.3 is 16.3 Å². The molecule has 1 fully saturated rings. The minimum absolute atomic E-state index is 0.000833. The summed E-state index contributed by atoms with van der Waals surface area (Å²) in [7, 11) is 0. The van der Waals surface area contributed by atoms with Crippen LogP contribution in [0.3, 0.4) is 0 Å². The van der Waals surface area contributed by atoms with E-state index in [0.717, 1.165) is 25.7 Å². The van der Waals surface area contributed by atoms with Crippen molar-refractivity contribution in [2.24, 2.45) is 16.3 Å². The van der Waals surface area contributed by atoms with E-state index in [-0.39, 0.29) is 17.2 Å². The van der Waals surface area contributed by atoms with Gasteiger partial charge in [-0.05, 0) is 19.8 Å². The van der Waals surface area contributed by atoms with Gasteiger partial charge in [-0.15, -0.1) is 0 Å². The minimum atomic E-state index is -0.417. The molecule has 0 bridgehead atoms. The first-order chi connectivity index (χ1) is 6.99. The summed E-state index contributed by atoms with van der Waals surface area (Å²) in [5.74, 6) is 0.0315. The van der Waals surface area contributed by atoms with Crippen molar-refractivity contribution in [1.82, 2.24) is 5.32 Å². The van der Waals surface area contributed by atoms with Crippen LogP contribution in [0.15, 0.2) is 5.16 Å². The molecule has 5 nitrogen and oxygen atoms in total. The summed E-state index contributed by atoms with van der Waals surface area (Å²) < 4.78 is 0. The Morgan fingerprint density at radius 2 is 2.07 bits per heavy atom. The molecule has 1 rings (SSSR count). The highest BCUT2D eigenvalue weighted by Crippen LogP contribution is 2.37. The summed E-state index contributed by atoms with van der Waals surface area (Å²) in [6.45, 7) is 3.67. The van der Waals surface area contributed by atoms with Crippen molar-refractivity contribution in [3.63, 3.8) is 0 Å². The van der Waals surface area contributed by atoms with E-state index in [0.29, 0.717) is 0 Å². The maximum Gasteiger partial charge on any atom is 0.226 e. The Morgan fingerprint density at radius 3 is 2.53 bits per heavy atom. The van der Waals surface area contributed by atoms with E-state index < -0.39 is 6.04 Å². The second-order valence-corrected chi connectivity index (χ2v) is 4.49. The highest BCUT2D eigenvalue weighted by molar-refractivity contribution is 5.91. The molecule has 5 heteroatoms. The molecule has 0 aromatic heterocycles. The van der Waals surface area contributed by atoms with Gasteiger partial charge in [0.1, 0.15) is 0 Å². The van der Waals surface area contributed by atoms with Crippen molar-refractivity contribution in [2.75, 3.05) is 0 Å². The predicted molar refractivity (Wildman–Crippen MR) is 57.6 cm³/mol. The van der Waals surface area contributed by atoms with Gasteiger partial charge in [0.05, 0.1) is 6.04 Å². The SMILES string of the molecule is CC(NC(=O)C1(C)CCCC1)C(N)=NO. The number of amidine groups is 1. The van der Waals surface area contributed by atoms with Crippen LogP contribution in [0.25, 0.3) is 0 Å². The Kier molecular flexibility index (Phi) is 3.55. The molecule has 0 aromatic carbocycles. The Bertz CT molecular complexity index is 270. The lowest BCUT2D eigenvalue weighted by Gasteiger charge is -2.24. The van der Waals surface area contributed by atoms with Crippen molar-refractivity contribution >= 4 is 11.7 Å². The maximum absolute atomic E-state index is 11.9. The number of nitrogens with two attached hydrogens (primary N) is 1. The van der Waals surface area contributed by atoms with Crippen molar-refractivity contribution in [1.29, 1.82) is 0 Å². The molecule has 1 aliphatic carbocycles. The van der Waals surface area contributed by atoms with Crippen LogP contribution in [-0.4, -0.2) is 23.0 Å². The second kappa shape index (κ2) is 4.51. The van der Waals surface area contributed by atoms with Gasteiger partial charge in [-0.3, -0.25) is 4.79 Å². The largest absolute Gasteiger partial charge is 0.409 e. The zero-order chi connectivity index (χ0) is 11.5. The molecule has 0 aliphatic heterocycles. The Morgan fingerprint density at radius 1 is 1.53 bits per heavy atom. The quantitative estimate of drug-likeness (QED) is 0.281. The number of hydrogen-bond donors (Lipinski definition) is 3. The summed E-state index contributed by atoms with van der Waals surface area (Å²) in [6.07, 6.45) is 4.03. The van der Waals surface area contributed by atoms with Gasteiger partial charge in [-0.25, -0.2) is 0 Å². The Balaban J connectivity index is 2.55. The number of oxime groups is 1. The molecule has 86 valence electrons. The molecule has 1 saturated carbocycles. The van der Waals surface area contributed by atoms with Gasteiger partial charge in [0.2, 0.25) is 5.91 Å². The number of nitrogens with zero attached hydrogens (tertiary/aromatic N) is 1. The Labute approximate surface area is 89.7 Å². The molecular formula is C10H19N3O2. The van der Waals surface area contributed by atoms with Crippen LogP contribution < -0.4 is 11.1 Å².